The van der Waals surface area contributed by atoms with Crippen LogP contribution in [0.5, 0.6) is 0 Å². The smallest absolute Gasteiger partial charge is 0.322 e. The van der Waals surface area contributed by atoms with Gasteiger partial charge in [0.2, 0.25) is 0 Å². The van der Waals surface area contributed by atoms with Gasteiger partial charge in [0.05, 0.1) is 11.0 Å². The van der Waals surface area contributed by atoms with E-state index in [1.807, 2.05) is 16.7 Å². The minimum absolute atomic E-state index is 0.128. The summed E-state index contributed by atoms with van der Waals surface area (Å²) in [5.74, 6) is -0.516. The summed E-state index contributed by atoms with van der Waals surface area (Å²) in [5, 5.41) is 5.70. The van der Waals surface area contributed by atoms with Crippen molar-refractivity contribution >= 4 is 34.2 Å². The highest BCUT2D eigenvalue weighted by molar-refractivity contribution is 6.07. The second-order valence-corrected chi connectivity index (χ2v) is 8.33. The van der Waals surface area contributed by atoms with Crippen molar-refractivity contribution in [2.75, 3.05) is 10.6 Å². The summed E-state index contributed by atoms with van der Waals surface area (Å²) in [7, 11) is 0. The summed E-state index contributed by atoms with van der Waals surface area (Å²) in [4.78, 5) is 40.6. The van der Waals surface area contributed by atoms with Crippen molar-refractivity contribution in [3.05, 3.63) is 94.4 Å². The topological polar surface area (TPSA) is 96.0 Å². The maximum Gasteiger partial charge on any atom is 0.326 e. The van der Waals surface area contributed by atoms with E-state index in [-0.39, 0.29) is 23.5 Å². The van der Waals surface area contributed by atoms with Gasteiger partial charge >= 0.3 is 5.69 Å². The van der Waals surface area contributed by atoms with Crippen molar-refractivity contribution < 1.29 is 9.59 Å². The zero-order valence-corrected chi connectivity index (χ0v) is 18.0. The minimum Gasteiger partial charge on any atom is -0.322 e. The van der Waals surface area contributed by atoms with Crippen molar-refractivity contribution in [3.8, 4) is 0 Å². The van der Waals surface area contributed by atoms with Crippen molar-refractivity contribution in [3.63, 3.8) is 0 Å². The highest BCUT2D eigenvalue weighted by Gasteiger charge is 2.21. The van der Waals surface area contributed by atoms with Crippen LogP contribution in [0.2, 0.25) is 0 Å². The van der Waals surface area contributed by atoms with E-state index in [1.165, 1.54) is 0 Å². The number of amides is 2. The van der Waals surface area contributed by atoms with E-state index in [2.05, 4.69) is 15.6 Å². The Kier molecular flexibility index (Phi) is 5.52. The number of aromatic amines is 1. The Morgan fingerprint density at radius 2 is 1.45 bits per heavy atom. The number of carbonyl (C=O) groups is 2. The molecule has 1 aromatic heterocycles. The lowest BCUT2D eigenvalue weighted by atomic mass is 10.1. The second-order valence-electron chi connectivity index (χ2n) is 8.33. The first-order valence-corrected chi connectivity index (χ1v) is 11.1. The SMILES string of the molecule is O=C(Nc1cccc(NC(=O)c2ccc3c(c2)[nH]c(=O)n3C2CCCC2)c1)c1ccccc1. The van der Waals surface area contributed by atoms with Gasteiger partial charge in [-0.3, -0.25) is 14.2 Å². The molecule has 7 heteroatoms. The third kappa shape index (κ3) is 4.30. The highest BCUT2D eigenvalue weighted by Crippen LogP contribution is 2.30. The molecule has 0 unspecified atom stereocenters. The largest absolute Gasteiger partial charge is 0.326 e. The monoisotopic (exact) mass is 440 g/mol. The maximum absolute atomic E-state index is 12.9. The van der Waals surface area contributed by atoms with Crippen LogP contribution in [0.4, 0.5) is 11.4 Å². The van der Waals surface area contributed by atoms with Crippen LogP contribution in [0.3, 0.4) is 0 Å². The molecule has 3 N–H and O–H groups in total. The van der Waals surface area contributed by atoms with E-state index in [4.69, 9.17) is 0 Å². The predicted octanol–water partition coefficient (Wildman–Crippen LogP) is 4.95. The number of H-pyrrole nitrogens is 1. The molecule has 0 spiro atoms. The molecule has 3 aromatic carbocycles. The average Bonchev–Trinajstić information content (AvgIpc) is 3.46. The van der Waals surface area contributed by atoms with Gasteiger partial charge in [0, 0.05) is 28.5 Å². The van der Waals surface area contributed by atoms with Gasteiger partial charge in [-0.25, -0.2) is 4.79 Å². The van der Waals surface area contributed by atoms with E-state index < -0.39 is 0 Å². The number of hydrogen-bond acceptors (Lipinski definition) is 3. The highest BCUT2D eigenvalue weighted by atomic mass is 16.2. The van der Waals surface area contributed by atoms with Crippen LogP contribution < -0.4 is 16.3 Å². The molecule has 0 radical (unpaired) electrons. The Hall–Kier alpha value is -4.13. The Morgan fingerprint density at radius 3 is 2.15 bits per heavy atom. The molecule has 0 bridgehead atoms. The fourth-order valence-corrected chi connectivity index (χ4v) is 4.47. The summed E-state index contributed by atoms with van der Waals surface area (Å²) in [6.45, 7) is 0. The summed E-state index contributed by atoms with van der Waals surface area (Å²) in [6.07, 6.45) is 4.28. The van der Waals surface area contributed by atoms with Gasteiger partial charge in [-0.05, 0) is 61.4 Å². The molecule has 4 aromatic rings. The van der Waals surface area contributed by atoms with Gasteiger partial charge in [0.1, 0.15) is 0 Å². The predicted molar refractivity (Wildman–Crippen MR) is 129 cm³/mol. The van der Waals surface area contributed by atoms with Crippen LogP contribution in [-0.2, 0) is 0 Å². The van der Waals surface area contributed by atoms with Crippen LogP contribution in [0.1, 0.15) is 52.4 Å². The van der Waals surface area contributed by atoms with E-state index in [0.717, 1.165) is 31.2 Å². The van der Waals surface area contributed by atoms with E-state index in [0.29, 0.717) is 28.0 Å². The molecule has 1 aliphatic carbocycles. The molecule has 1 heterocycles. The maximum atomic E-state index is 12.9. The Labute approximate surface area is 190 Å². The van der Waals surface area contributed by atoms with Crippen LogP contribution in [0.25, 0.3) is 11.0 Å². The molecule has 33 heavy (non-hydrogen) atoms. The quantitative estimate of drug-likeness (QED) is 0.410. The summed E-state index contributed by atoms with van der Waals surface area (Å²) >= 11 is 0. The van der Waals surface area contributed by atoms with Gasteiger partial charge in [-0.1, -0.05) is 37.1 Å². The lowest BCUT2D eigenvalue weighted by Gasteiger charge is -2.11. The fourth-order valence-electron chi connectivity index (χ4n) is 4.47. The van der Waals surface area contributed by atoms with Gasteiger partial charge in [0.15, 0.2) is 0 Å². The fraction of sp³-hybridized carbons (Fsp3) is 0.192. The summed E-state index contributed by atoms with van der Waals surface area (Å²) in [6, 6.07) is 21.4. The molecule has 5 rings (SSSR count). The molecule has 1 fully saturated rings. The van der Waals surface area contributed by atoms with Gasteiger partial charge in [-0.2, -0.15) is 0 Å². The number of hydrogen-bond donors (Lipinski definition) is 3. The van der Waals surface area contributed by atoms with Crippen LogP contribution >= 0.6 is 0 Å². The Balaban J connectivity index is 1.33. The molecular formula is C26H24N4O3. The van der Waals surface area contributed by atoms with Crippen LogP contribution in [0.15, 0.2) is 77.6 Å². The molecule has 1 saturated carbocycles. The Bertz CT molecular complexity index is 1380. The van der Waals surface area contributed by atoms with Crippen molar-refractivity contribution in [2.45, 2.75) is 31.7 Å². The molecule has 0 aliphatic heterocycles. The number of rotatable bonds is 5. The third-order valence-corrected chi connectivity index (χ3v) is 6.08. The van der Waals surface area contributed by atoms with Crippen molar-refractivity contribution in [1.29, 1.82) is 0 Å². The van der Waals surface area contributed by atoms with E-state index in [1.54, 1.807) is 60.7 Å². The summed E-state index contributed by atoms with van der Waals surface area (Å²) < 4.78 is 1.82. The van der Waals surface area contributed by atoms with E-state index >= 15 is 0 Å². The van der Waals surface area contributed by atoms with Gasteiger partial charge < -0.3 is 15.6 Å². The van der Waals surface area contributed by atoms with E-state index in [9.17, 15) is 14.4 Å². The van der Waals surface area contributed by atoms with Gasteiger partial charge in [-0.15, -0.1) is 0 Å². The molecule has 2 amide bonds. The number of benzene rings is 3. The standard InChI is InChI=1S/C26H24N4O3/c31-24(17-7-2-1-3-8-17)27-19-9-6-10-20(16-19)28-25(32)18-13-14-23-22(15-18)29-26(33)30(23)21-11-4-5-12-21/h1-3,6-10,13-16,21H,4-5,11-12H2,(H,27,31)(H,28,32)(H,29,33). The summed E-state index contributed by atoms with van der Waals surface area (Å²) in [5.41, 5.74) is 3.49. The number of aromatic nitrogens is 2. The lowest BCUT2D eigenvalue weighted by molar-refractivity contribution is 0.101. The molecular weight excluding hydrogens is 416 g/mol. The lowest BCUT2D eigenvalue weighted by Crippen LogP contribution is -2.20. The number of imidazole rings is 1. The molecule has 0 saturated heterocycles. The second kappa shape index (κ2) is 8.78. The molecule has 0 atom stereocenters. The molecule has 7 nitrogen and oxygen atoms in total. The molecule has 1 aliphatic rings. The molecule has 166 valence electrons. The van der Waals surface area contributed by atoms with Crippen LogP contribution in [-0.4, -0.2) is 21.4 Å². The number of fused-ring (bicyclic) bond motifs is 1. The number of anilines is 2. The third-order valence-electron chi connectivity index (χ3n) is 6.08. The van der Waals surface area contributed by atoms with Gasteiger partial charge in [0.25, 0.3) is 11.8 Å². The first-order chi connectivity index (χ1) is 16.1. The number of nitrogens with zero attached hydrogens (tertiary/aromatic N) is 1. The first kappa shape index (κ1) is 20.8. The van der Waals surface area contributed by atoms with Crippen molar-refractivity contribution in [2.24, 2.45) is 0 Å². The first-order valence-electron chi connectivity index (χ1n) is 11.1. The Morgan fingerprint density at radius 1 is 0.788 bits per heavy atom. The average molecular weight is 441 g/mol. The number of carbonyl (C=O) groups excluding carboxylic acids is 2. The number of nitrogens with one attached hydrogen (secondary N) is 3. The van der Waals surface area contributed by atoms with Crippen LogP contribution in [0, 0.1) is 0 Å². The zero-order chi connectivity index (χ0) is 22.8. The zero-order valence-electron chi connectivity index (χ0n) is 18.0. The minimum atomic E-state index is -0.294. The normalized spacial score (nSPS) is 13.8. The van der Waals surface area contributed by atoms with Crippen molar-refractivity contribution in [1.82, 2.24) is 9.55 Å².